The molecule has 0 aromatic heterocycles. The zero-order valence-corrected chi connectivity index (χ0v) is 18.9. The van der Waals surface area contributed by atoms with Gasteiger partial charge in [-0.25, -0.2) is 4.79 Å². The van der Waals surface area contributed by atoms with Crippen molar-refractivity contribution in [2.24, 2.45) is 5.92 Å². The Hall–Kier alpha value is -1.21. The average molecular weight is 443 g/mol. The van der Waals surface area contributed by atoms with Gasteiger partial charge in [0, 0.05) is 20.1 Å². The van der Waals surface area contributed by atoms with Crippen molar-refractivity contribution in [3.05, 3.63) is 33.5 Å². The van der Waals surface area contributed by atoms with Crippen LogP contribution in [0.5, 0.6) is 0 Å². The molecule has 1 saturated heterocycles. The predicted molar refractivity (Wildman–Crippen MR) is 119 cm³/mol. The van der Waals surface area contributed by atoms with Crippen LogP contribution in [-0.4, -0.2) is 68.4 Å². The molecule has 1 aliphatic heterocycles. The van der Waals surface area contributed by atoms with Crippen LogP contribution >= 0.6 is 23.2 Å². The number of hydrogen-bond acceptors (Lipinski definition) is 3. The lowest BCUT2D eigenvalue weighted by Crippen LogP contribution is -2.57. The van der Waals surface area contributed by atoms with Crippen molar-refractivity contribution in [2.75, 3.05) is 51.7 Å². The summed E-state index contributed by atoms with van der Waals surface area (Å²) < 4.78 is -0.119. The third-order valence-electron chi connectivity index (χ3n) is 6.35. The lowest BCUT2D eigenvalue weighted by Gasteiger charge is -2.49. The van der Waals surface area contributed by atoms with Gasteiger partial charge in [-0.15, -0.1) is 0 Å². The van der Waals surface area contributed by atoms with E-state index in [2.05, 4.69) is 10.2 Å². The summed E-state index contributed by atoms with van der Waals surface area (Å²) in [7, 11) is 3.52. The molecule has 8 heteroatoms. The molecule has 6 nitrogen and oxygen atoms in total. The number of piperazine rings is 1. The van der Waals surface area contributed by atoms with Crippen LogP contribution in [0.1, 0.15) is 32.1 Å². The van der Waals surface area contributed by atoms with E-state index >= 15 is 0 Å². The van der Waals surface area contributed by atoms with Gasteiger partial charge in [0.2, 0.25) is 0 Å². The van der Waals surface area contributed by atoms with E-state index in [-0.39, 0.29) is 16.7 Å². The monoisotopic (exact) mass is 442 g/mol. The highest BCUT2D eigenvalue weighted by Crippen LogP contribution is 2.34. The fourth-order valence-electron chi connectivity index (χ4n) is 4.35. The Labute approximate surface area is 183 Å². The Bertz CT molecular complexity index is 700. The molecule has 0 radical (unpaired) electrons. The standard InChI is InChI=1S/C21H32Cl2N4O2/c1-25(2)21(28)24-17-8-6-16(7-9-17)10-13-27(29)14-11-26(12-15-27)19-5-3-4-18(22)20(19)23/h3-5,16-17H,6-15H2,1-2H3,(H,24,28)/t16-,17-. The van der Waals surface area contributed by atoms with Gasteiger partial charge in [0.05, 0.1) is 48.5 Å². The molecule has 0 bridgehead atoms. The maximum absolute atomic E-state index is 13.2. The van der Waals surface area contributed by atoms with Crippen LogP contribution in [0.4, 0.5) is 10.5 Å². The zero-order chi connectivity index (χ0) is 21.0. The molecule has 3 rings (SSSR count). The molecule has 0 spiro atoms. The van der Waals surface area contributed by atoms with E-state index in [4.69, 9.17) is 23.2 Å². The van der Waals surface area contributed by atoms with Crippen molar-refractivity contribution in [3.8, 4) is 0 Å². The Morgan fingerprint density at radius 2 is 1.86 bits per heavy atom. The number of benzene rings is 1. The zero-order valence-electron chi connectivity index (χ0n) is 17.4. The lowest BCUT2D eigenvalue weighted by molar-refractivity contribution is -0.881. The highest BCUT2D eigenvalue weighted by Gasteiger charge is 2.29. The number of hydrogen-bond donors (Lipinski definition) is 1. The minimum Gasteiger partial charge on any atom is -0.633 e. The van der Waals surface area contributed by atoms with Crippen molar-refractivity contribution in [2.45, 2.75) is 38.1 Å². The molecule has 162 valence electrons. The van der Waals surface area contributed by atoms with Crippen LogP contribution in [-0.2, 0) is 0 Å². The minimum atomic E-state index is -0.119. The van der Waals surface area contributed by atoms with Gasteiger partial charge in [0.15, 0.2) is 0 Å². The first kappa shape index (κ1) is 22.5. The van der Waals surface area contributed by atoms with Gasteiger partial charge in [-0.2, -0.15) is 0 Å². The van der Waals surface area contributed by atoms with Gasteiger partial charge < -0.3 is 25.0 Å². The van der Waals surface area contributed by atoms with Gasteiger partial charge in [-0.05, 0) is 50.2 Å². The molecule has 0 atom stereocenters. The second kappa shape index (κ2) is 9.73. The smallest absolute Gasteiger partial charge is 0.317 e. The fourth-order valence-corrected chi connectivity index (χ4v) is 4.76. The Kier molecular flexibility index (Phi) is 7.54. The topological polar surface area (TPSA) is 58.6 Å². The number of carbonyl (C=O) groups excluding carboxylic acids is 1. The first-order valence-electron chi connectivity index (χ1n) is 10.5. The van der Waals surface area contributed by atoms with Crippen LogP contribution in [0, 0.1) is 11.1 Å². The molecule has 2 amide bonds. The van der Waals surface area contributed by atoms with E-state index in [9.17, 15) is 10.0 Å². The number of nitrogens with one attached hydrogen (secondary N) is 1. The SMILES string of the molecule is CN(C)C(=O)N[C@H]1CC[C@H](CC[N+]2([O-])CCN(c3cccc(Cl)c3Cl)CC2)CC1. The normalized spacial score (nSPS) is 24.2. The maximum atomic E-state index is 13.2. The van der Waals surface area contributed by atoms with E-state index < -0.39 is 0 Å². The summed E-state index contributed by atoms with van der Waals surface area (Å²) in [5, 5.41) is 17.4. The summed E-state index contributed by atoms with van der Waals surface area (Å²) in [6.07, 6.45) is 5.15. The lowest BCUT2D eigenvalue weighted by atomic mass is 9.84. The van der Waals surface area contributed by atoms with E-state index in [0.29, 0.717) is 48.7 Å². The summed E-state index contributed by atoms with van der Waals surface area (Å²) in [6.45, 7) is 3.24. The van der Waals surface area contributed by atoms with Crippen molar-refractivity contribution in [1.29, 1.82) is 0 Å². The van der Waals surface area contributed by atoms with Crippen molar-refractivity contribution < 1.29 is 9.44 Å². The third-order valence-corrected chi connectivity index (χ3v) is 7.16. The summed E-state index contributed by atoms with van der Waals surface area (Å²) in [6, 6.07) is 5.89. The first-order chi connectivity index (χ1) is 13.8. The molecule has 1 aliphatic carbocycles. The van der Waals surface area contributed by atoms with Crippen LogP contribution < -0.4 is 10.2 Å². The van der Waals surface area contributed by atoms with E-state index in [1.165, 1.54) is 0 Å². The highest BCUT2D eigenvalue weighted by atomic mass is 35.5. The van der Waals surface area contributed by atoms with Gasteiger partial charge in [-0.3, -0.25) is 0 Å². The Morgan fingerprint density at radius 1 is 1.21 bits per heavy atom. The highest BCUT2D eigenvalue weighted by molar-refractivity contribution is 6.43. The maximum Gasteiger partial charge on any atom is 0.317 e. The van der Waals surface area contributed by atoms with Crippen molar-refractivity contribution in [1.82, 2.24) is 10.2 Å². The summed E-state index contributed by atoms with van der Waals surface area (Å²) in [5.41, 5.74) is 0.920. The molecule has 1 aromatic carbocycles. The number of quaternary nitrogens is 1. The summed E-state index contributed by atoms with van der Waals surface area (Å²) >= 11 is 12.5. The van der Waals surface area contributed by atoms with Gasteiger partial charge in [-0.1, -0.05) is 29.3 Å². The molecule has 2 aliphatic rings. The molecule has 1 N–H and O–H groups in total. The molecule has 2 fully saturated rings. The molecule has 1 heterocycles. The van der Waals surface area contributed by atoms with E-state index in [1.807, 2.05) is 12.1 Å². The quantitative estimate of drug-likeness (QED) is 0.544. The molecule has 0 unspecified atom stereocenters. The Balaban J connectivity index is 1.42. The largest absolute Gasteiger partial charge is 0.633 e. The van der Waals surface area contributed by atoms with Gasteiger partial charge >= 0.3 is 6.03 Å². The molecular formula is C21H32Cl2N4O2. The van der Waals surface area contributed by atoms with Gasteiger partial charge in [0.1, 0.15) is 0 Å². The number of anilines is 1. The number of carbonyl (C=O) groups is 1. The molecule has 29 heavy (non-hydrogen) atoms. The number of rotatable bonds is 5. The summed E-state index contributed by atoms with van der Waals surface area (Å²) in [4.78, 5) is 15.5. The second-order valence-electron chi connectivity index (χ2n) is 8.64. The van der Waals surface area contributed by atoms with Crippen LogP contribution in [0.2, 0.25) is 10.0 Å². The minimum absolute atomic E-state index is 0.0183. The average Bonchev–Trinajstić information content (AvgIpc) is 2.70. The van der Waals surface area contributed by atoms with Gasteiger partial charge in [0.25, 0.3) is 0 Å². The summed E-state index contributed by atoms with van der Waals surface area (Å²) in [5.74, 6) is 0.590. The molecular weight excluding hydrogens is 411 g/mol. The Morgan fingerprint density at radius 3 is 2.48 bits per heavy atom. The fraction of sp³-hybridized carbons (Fsp3) is 0.667. The van der Waals surface area contributed by atoms with E-state index in [0.717, 1.165) is 37.8 Å². The van der Waals surface area contributed by atoms with E-state index in [1.54, 1.807) is 25.1 Å². The molecule has 1 aromatic rings. The van der Waals surface area contributed by atoms with Crippen molar-refractivity contribution >= 4 is 34.9 Å². The van der Waals surface area contributed by atoms with Crippen molar-refractivity contribution in [3.63, 3.8) is 0 Å². The first-order valence-corrected chi connectivity index (χ1v) is 11.3. The number of urea groups is 1. The predicted octanol–water partition coefficient (Wildman–Crippen LogP) is 4.35. The number of hydroxylamine groups is 3. The number of halogens is 2. The van der Waals surface area contributed by atoms with Crippen LogP contribution in [0.25, 0.3) is 0 Å². The van der Waals surface area contributed by atoms with Crippen LogP contribution in [0.3, 0.4) is 0 Å². The third kappa shape index (κ3) is 5.91. The second-order valence-corrected chi connectivity index (χ2v) is 9.42. The molecule has 1 saturated carbocycles. The number of amides is 2. The van der Waals surface area contributed by atoms with Crippen LogP contribution in [0.15, 0.2) is 18.2 Å². The number of nitrogens with zero attached hydrogens (tertiary/aromatic N) is 3.